The van der Waals surface area contributed by atoms with E-state index < -0.39 is 5.60 Å². The highest BCUT2D eigenvalue weighted by atomic mass is 16.3. The first-order valence-corrected chi connectivity index (χ1v) is 4.47. The molecule has 0 heterocycles. The summed E-state index contributed by atoms with van der Waals surface area (Å²) in [4.78, 5) is 0. The summed E-state index contributed by atoms with van der Waals surface area (Å²) >= 11 is 0. The Hall–Kier alpha value is -0.860. The minimum Gasteiger partial charge on any atom is -0.396 e. The van der Waals surface area contributed by atoms with Crippen molar-refractivity contribution in [3.8, 4) is 0 Å². The normalized spacial score (nSPS) is 17.8. The van der Waals surface area contributed by atoms with Crippen LogP contribution in [0, 0.1) is 5.92 Å². The molecule has 0 spiro atoms. The minimum absolute atomic E-state index is 0.0120. The summed E-state index contributed by atoms with van der Waals surface area (Å²) in [6.45, 7) is 3.54. The van der Waals surface area contributed by atoms with Crippen molar-refractivity contribution in [3.05, 3.63) is 35.9 Å². The summed E-state index contributed by atoms with van der Waals surface area (Å²) in [7, 11) is 0. The van der Waals surface area contributed by atoms with Crippen molar-refractivity contribution >= 4 is 0 Å². The van der Waals surface area contributed by atoms with E-state index in [1.54, 1.807) is 6.92 Å². The lowest BCUT2D eigenvalue weighted by Crippen LogP contribution is -2.32. The molecule has 13 heavy (non-hydrogen) atoms. The van der Waals surface area contributed by atoms with E-state index in [9.17, 15) is 5.11 Å². The molecule has 0 radical (unpaired) electrons. The molecule has 2 nitrogen and oxygen atoms in total. The molecule has 1 rings (SSSR count). The maximum atomic E-state index is 10.1. The Morgan fingerprint density at radius 1 is 1.31 bits per heavy atom. The molecule has 0 fully saturated rings. The molecule has 0 unspecified atom stereocenters. The molecule has 0 aliphatic rings. The van der Waals surface area contributed by atoms with Crippen LogP contribution in [-0.2, 0) is 5.60 Å². The fourth-order valence-corrected chi connectivity index (χ4v) is 1.24. The lowest BCUT2D eigenvalue weighted by Gasteiger charge is -2.29. The van der Waals surface area contributed by atoms with E-state index >= 15 is 0 Å². The van der Waals surface area contributed by atoms with Crippen LogP contribution in [0.2, 0.25) is 0 Å². The van der Waals surface area contributed by atoms with Gasteiger partial charge in [-0.2, -0.15) is 0 Å². The number of aliphatic hydroxyl groups is 2. The second-order valence-corrected chi connectivity index (χ2v) is 3.60. The van der Waals surface area contributed by atoms with Crippen molar-refractivity contribution < 1.29 is 10.2 Å². The molecule has 1 aromatic carbocycles. The summed E-state index contributed by atoms with van der Waals surface area (Å²) in [6.07, 6.45) is 0. The maximum absolute atomic E-state index is 10.1. The second-order valence-electron chi connectivity index (χ2n) is 3.60. The molecule has 0 aliphatic heterocycles. The van der Waals surface area contributed by atoms with Gasteiger partial charge in [-0.1, -0.05) is 37.3 Å². The van der Waals surface area contributed by atoms with E-state index in [0.29, 0.717) is 0 Å². The summed E-state index contributed by atoms with van der Waals surface area (Å²) in [5, 5.41) is 19.1. The SMILES string of the molecule is C[C@H](CO)[C@](C)(O)c1ccccc1. The van der Waals surface area contributed by atoms with Crippen LogP contribution < -0.4 is 0 Å². The van der Waals surface area contributed by atoms with E-state index in [0.717, 1.165) is 5.56 Å². The van der Waals surface area contributed by atoms with Crippen LogP contribution in [0.5, 0.6) is 0 Å². The monoisotopic (exact) mass is 180 g/mol. The van der Waals surface area contributed by atoms with Crippen molar-refractivity contribution in [2.75, 3.05) is 6.61 Å². The van der Waals surface area contributed by atoms with Crippen LogP contribution in [0.15, 0.2) is 30.3 Å². The Labute approximate surface area is 78.8 Å². The van der Waals surface area contributed by atoms with Gasteiger partial charge in [0.15, 0.2) is 0 Å². The topological polar surface area (TPSA) is 40.5 Å². The zero-order valence-electron chi connectivity index (χ0n) is 8.07. The van der Waals surface area contributed by atoms with Crippen LogP contribution in [-0.4, -0.2) is 16.8 Å². The van der Waals surface area contributed by atoms with Gasteiger partial charge in [-0.05, 0) is 12.5 Å². The Morgan fingerprint density at radius 2 is 1.85 bits per heavy atom. The zero-order valence-corrected chi connectivity index (χ0v) is 8.07. The average Bonchev–Trinajstić information content (AvgIpc) is 2.18. The standard InChI is InChI=1S/C11H16O2/c1-9(8-12)11(2,13)10-6-4-3-5-7-10/h3-7,9,12-13H,8H2,1-2H3/t9-,11+/m1/s1. The quantitative estimate of drug-likeness (QED) is 0.740. The first-order valence-electron chi connectivity index (χ1n) is 4.47. The average molecular weight is 180 g/mol. The number of benzene rings is 1. The van der Waals surface area contributed by atoms with Crippen molar-refractivity contribution in [2.24, 2.45) is 5.92 Å². The highest BCUT2D eigenvalue weighted by Crippen LogP contribution is 2.28. The van der Waals surface area contributed by atoms with Crippen LogP contribution in [0.3, 0.4) is 0 Å². The van der Waals surface area contributed by atoms with E-state index in [2.05, 4.69) is 0 Å². The van der Waals surface area contributed by atoms with E-state index in [1.165, 1.54) is 0 Å². The van der Waals surface area contributed by atoms with Crippen LogP contribution in [0.25, 0.3) is 0 Å². The van der Waals surface area contributed by atoms with Crippen molar-refractivity contribution in [1.82, 2.24) is 0 Å². The predicted octanol–water partition coefficient (Wildman–Crippen LogP) is 1.52. The molecular weight excluding hydrogens is 164 g/mol. The Morgan fingerprint density at radius 3 is 2.31 bits per heavy atom. The Kier molecular flexibility index (Phi) is 3.07. The van der Waals surface area contributed by atoms with Gasteiger partial charge in [-0.3, -0.25) is 0 Å². The van der Waals surface area contributed by atoms with Gasteiger partial charge in [0.1, 0.15) is 0 Å². The number of aliphatic hydroxyl groups excluding tert-OH is 1. The molecule has 2 heteroatoms. The molecule has 0 saturated carbocycles. The summed E-state index contributed by atoms with van der Waals surface area (Å²) in [5.74, 6) is -0.158. The number of hydrogen-bond acceptors (Lipinski definition) is 2. The fourth-order valence-electron chi connectivity index (χ4n) is 1.24. The van der Waals surface area contributed by atoms with Crippen LogP contribution in [0.1, 0.15) is 19.4 Å². The van der Waals surface area contributed by atoms with Crippen molar-refractivity contribution in [2.45, 2.75) is 19.4 Å². The third-order valence-electron chi connectivity index (χ3n) is 2.59. The van der Waals surface area contributed by atoms with Gasteiger partial charge in [0.25, 0.3) is 0 Å². The fraction of sp³-hybridized carbons (Fsp3) is 0.455. The van der Waals surface area contributed by atoms with E-state index in [-0.39, 0.29) is 12.5 Å². The van der Waals surface area contributed by atoms with Crippen molar-refractivity contribution in [3.63, 3.8) is 0 Å². The molecule has 2 N–H and O–H groups in total. The summed E-state index contributed by atoms with van der Waals surface area (Å²) < 4.78 is 0. The third-order valence-corrected chi connectivity index (χ3v) is 2.59. The number of rotatable bonds is 3. The van der Waals surface area contributed by atoms with Gasteiger partial charge < -0.3 is 10.2 Å². The maximum Gasteiger partial charge on any atom is 0.0915 e. The van der Waals surface area contributed by atoms with Gasteiger partial charge >= 0.3 is 0 Å². The first-order chi connectivity index (χ1) is 6.09. The zero-order chi connectivity index (χ0) is 9.90. The van der Waals surface area contributed by atoms with Crippen molar-refractivity contribution in [1.29, 1.82) is 0 Å². The summed E-state index contributed by atoms with van der Waals surface area (Å²) in [5.41, 5.74) is -0.104. The molecule has 2 atom stereocenters. The Bertz CT molecular complexity index is 254. The van der Waals surface area contributed by atoms with Crippen LogP contribution in [0.4, 0.5) is 0 Å². The molecule has 0 aliphatic carbocycles. The highest BCUT2D eigenvalue weighted by Gasteiger charge is 2.29. The molecule has 0 amide bonds. The minimum atomic E-state index is -0.948. The van der Waals surface area contributed by atoms with Gasteiger partial charge in [0, 0.05) is 12.5 Å². The van der Waals surface area contributed by atoms with Gasteiger partial charge in [0.05, 0.1) is 5.60 Å². The molecule has 0 bridgehead atoms. The lowest BCUT2D eigenvalue weighted by atomic mass is 9.85. The van der Waals surface area contributed by atoms with Crippen LogP contribution >= 0.6 is 0 Å². The van der Waals surface area contributed by atoms with Gasteiger partial charge in [0.2, 0.25) is 0 Å². The van der Waals surface area contributed by atoms with Gasteiger partial charge in [-0.15, -0.1) is 0 Å². The second kappa shape index (κ2) is 3.90. The predicted molar refractivity (Wildman–Crippen MR) is 52.3 cm³/mol. The summed E-state index contributed by atoms with van der Waals surface area (Å²) in [6, 6.07) is 9.41. The third kappa shape index (κ3) is 2.08. The lowest BCUT2D eigenvalue weighted by molar-refractivity contribution is -0.0210. The number of hydrogen-bond donors (Lipinski definition) is 2. The molecular formula is C11H16O2. The molecule has 0 saturated heterocycles. The largest absolute Gasteiger partial charge is 0.396 e. The highest BCUT2D eigenvalue weighted by molar-refractivity contribution is 5.22. The van der Waals surface area contributed by atoms with E-state index in [4.69, 9.17) is 5.11 Å². The van der Waals surface area contributed by atoms with E-state index in [1.807, 2.05) is 37.3 Å². The smallest absolute Gasteiger partial charge is 0.0915 e. The van der Waals surface area contributed by atoms with Gasteiger partial charge in [-0.25, -0.2) is 0 Å². The molecule has 72 valence electrons. The first kappa shape index (κ1) is 10.2. The molecule has 0 aromatic heterocycles. The molecule has 1 aromatic rings. The Balaban J connectivity index is 2.93.